The Balaban J connectivity index is 2.35. The molecule has 0 radical (unpaired) electrons. The second kappa shape index (κ2) is 5.89. The molecular weight excluding hydrogens is 358 g/mol. The minimum absolute atomic E-state index is 0.0486. The highest BCUT2D eigenvalue weighted by Crippen LogP contribution is 2.25. The predicted octanol–water partition coefficient (Wildman–Crippen LogP) is 1.51. The summed E-state index contributed by atoms with van der Waals surface area (Å²) >= 11 is 6.40. The summed E-state index contributed by atoms with van der Waals surface area (Å²) in [5, 5.41) is 0. The molecule has 21 heavy (non-hydrogen) atoms. The number of halogens is 1. The number of rotatable bonds is 5. The third-order valence-corrected chi connectivity index (χ3v) is 6.76. The molecule has 114 valence electrons. The molecule has 0 saturated heterocycles. The predicted molar refractivity (Wildman–Crippen MR) is 80.6 cm³/mol. The summed E-state index contributed by atoms with van der Waals surface area (Å²) in [5.41, 5.74) is 0.121. The smallest absolute Gasteiger partial charge is 0.273 e. The molecule has 0 aliphatic rings. The van der Waals surface area contributed by atoms with E-state index in [2.05, 4.69) is 14.4 Å². The van der Waals surface area contributed by atoms with E-state index >= 15 is 0 Å². The maximum atomic E-state index is 12.1. The van der Waals surface area contributed by atoms with E-state index in [9.17, 15) is 16.8 Å². The second-order valence-corrected chi connectivity index (χ2v) is 9.18. The highest BCUT2D eigenvalue weighted by Gasteiger charge is 2.19. The van der Waals surface area contributed by atoms with Gasteiger partial charge in [0.15, 0.2) is 8.68 Å². The van der Waals surface area contributed by atoms with Crippen molar-refractivity contribution in [2.24, 2.45) is 0 Å². The van der Waals surface area contributed by atoms with Crippen LogP contribution in [0.15, 0.2) is 39.6 Å². The Morgan fingerprint density at radius 3 is 2.48 bits per heavy atom. The zero-order valence-corrected chi connectivity index (χ0v) is 13.8. The van der Waals surface area contributed by atoms with Gasteiger partial charge in [-0.1, -0.05) is 29.0 Å². The molecule has 0 saturated carbocycles. The Labute approximate surface area is 131 Å². The lowest BCUT2D eigenvalue weighted by atomic mass is 10.3. The number of sulfonamides is 2. The molecule has 0 amide bonds. The first-order valence-electron chi connectivity index (χ1n) is 5.42. The number of nitrogens with zero attached hydrogens (tertiary/aromatic N) is 1. The van der Waals surface area contributed by atoms with E-state index in [1.54, 1.807) is 0 Å². The molecule has 0 spiro atoms. The third-order valence-electron chi connectivity index (χ3n) is 2.39. The Morgan fingerprint density at radius 1 is 1.19 bits per heavy atom. The summed E-state index contributed by atoms with van der Waals surface area (Å²) in [6, 6.07) is 5.44. The van der Waals surface area contributed by atoms with Gasteiger partial charge in [-0.2, -0.15) is 0 Å². The van der Waals surface area contributed by atoms with Gasteiger partial charge in [0.25, 0.3) is 10.0 Å². The SMILES string of the molecule is CNS(=O)(=O)c1cccc(NS(=O)(=O)c2cnc(Cl)s2)c1. The summed E-state index contributed by atoms with van der Waals surface area (Å²) in [6.07, 6.45) is 1.13. The fourth-order valence-electron chi connectivity index (χ4n) is 1.41. The minimum atomic E-state index is -3.86. The van der Waals surface area contributed by atoms with E-state index in [-0.39, 0.29) is 19.3 Å². The molecule has 2 N–H and O–H groups in total. The molecule has 1 heterocycles. The molecular formula is C10H10ClN3O4S3. The molecule has 2 aromatic rings. The molecule has 11 heteroatoms. The van der Waals surface area contributed by atoms with Crippen molar-refractivity contribution in [1.29, 1.82) is 0 Å². The molecule has 1 aromatic carbocycles. The van der Waals surface area contributed by atoms with Crippen molar-refractivity contribution in [3.8, 4) is 0 Å². The number of aromatic nitrogens is 1. The number of hydrogen-bond acceptors (Lipinski definition) is 6. The van der Waals surface area contributed by atoms with Crippen molar-refractivity contribution in [1.82, 2.24) is 9.71 Å². The Kier molecular flexibility index (Phi) is 4.54. The highest BCUT2D eigenvalue weighted by atomic mass is 35.5. The molecule has 0 atom stereocenters. The van der Waals surface area contributed by atoms with Crippen molar-refractivity contribution < 1.29 is 16.8 Å². The molecule has 1 aromatic heterocycles. The van der Waals surface area contributed by atoms with Gasteiger partial charge >= 0.3 is 0 Å². The minimum Gasteiger partial charge on any atom is -0.279 e. The lowest BCUT2D eigenvalue weighted by Crippen LogP contribution is -2.19. The standard InChI is InChI=1S/C10H10ClN3O4S3/c1-12-20(15,16)8-4-2-3-7(5-8)14-21(17,18)9-6-13-10(11)19-9/h2-6,12,14H,1H3. The van der Waals surface area contributed by atoms with E-state index in [1.165, 1.54) is 31.3 Å². The molecule has 0 fully saturated rings. The van der Waals surface area contributed by atoms with Gasteiger partial charge < -0.3 is 0 Å². The summed E-state index contributed by atoms with van der Waals surface area (Å²) in [4.78, 5) is 3.60. The van der Waals surface area contributed by atoms with E-state index in [0.717, 1.165) is 17.5 Å². The van der Waals surface area contributed by atoms with Crippen molar-refractivity contribution >= 4 is 48.7 Å². The summed E-state index contributed by atoms with van der Waals surface area (Å²) in [7, 11) is -6.24. The first-order chi connectivity index (χ1) is 9.74. The third kappa shape index (κ3) is 3.71. The monoisotopic (exact) mass is 367 g/mol. The number of hydrogen-bond donors (Lipinski definition) is 2. The first-order valence-corrected chi connectivity index (χ1v) is 9.58. The van der Waals surface area contributed by atoms with E-state index < -0.39 is 20.0 Å². The van der Waals surface area contributed by atoms with Crippen LogP contribution < -0.4 is 9.44 Å². The van der Waals surface area contributed by atoms with Gasteiger partial charge in [0.1, 0.15) is 0 Å². The molecule has 0 bridgehead atoms. The molecule has 0 aliphatic carbocycles. The van der Waals surface area contributed by atoms with Crippen molar-refractivity contribution in [2.75, 3.05) is 11.8 Å². The van der Waals surface area contributed by atoms with Gasteiger partial charge in [-0.05, 0) is 25.2 Å². The summed E-state index contributed by atoms with van der Waals surface area (Å²) < 4.78 is 52.0. The maximum Gasteiger partial charge on any atom is 0.273 e. The zero-order valence-electron chi connectivity index (χ0n) is 10.6. The first kappa shape index (κ1) is 16.2. The van der Waals surface area contributed by atoms with Gasteiger partial charge in [0, 0.05) is 0 Å². The molecule has 0 aliphatic heterocycles. The van der Waals surface area contributed by atoms with Crippen LogP contribution in [-0.2, 0) is 20.0 Å². The Bertz CT molecular complexity index is 861. The largest absolute Gasteiger partial charge is 0.279 e. The van der Waals surface area contributed by atoms with Crippen LogP contribution in [0.5, 0.6) is 0 Å². The lowest BCUT2D eigenvalue weighted by molar-refractivity contribution is 0.588. The van der Waals surface area contributed by atoms with Gasteiger partial charge in [-0.3, -0.25) is 4.72 Å². The van der Waals surface area contributed by atoms with Crippen LogP contribution in [-0.4, -0.2) is 28.9 Å². The maximum absolute atomic E-state index is 12.1. The summed E-state index contributed by atoms with van der Waals surface area (Å²) in [5.74, 6) is 0. The quantitative estimate of drug-likeness (QED) is 0.833. The van der Waals surface area contributed by atoms with Crippen LogP contribution in [0.1, 0.15) is 0 Å². The van der Waals surface area contributed by atoms with Gasteiger partial charge in [0.05, 0.1) is 16.8 Å². The zero-order chi connectivity index (χ0) is 15.7. The van der Waals surface area contributed by atoms with Crippen LogP contribution in [0.2, 0.25) is 4.47 Å². The second-order valence-electron chi connectivity index (χ2n) is 3.77. The van der Waals surface area contributed by atoms with Crippen molar-refractivity contribution in [3.63, 3.8) is 0 Å². The molecule has 0 unspecified atom stereocenters. The van der Waals surface area contributed by atoms with E-state index in [1.807, 2.05) is 0 Å². The van der Waals surface area contributed by atoms with Crippen molar-refractivity contribution in [3.05, 3.63) is 34.9 Å². The Morgan fingerprint density at radius 2 is 1.90 bits per heavy atom. The van der Waals surface area contributed by atoms with Gasteiger partial charge in [-0.15, -0.1) is 0 Å². The van der Waals surface area contributed by atoms with Crippen LogP contribution >= 0.6 is 22.9 Å². The number of nitrogens with one attached hydrogen (secondary N) is 2. The molecule has 2 rings (SSSR count). The molecule has 7 nitrogen and oxygen atoms in total. The number of thiazole rings is 1. The normalized spacial score (nSPS) is 12.3. The van der Waals surface area contributed by atoms with Crippen molar-refractivity contribution in [2.45, 2.75) is 9.10 Å². The summed E-state index contributed by atoms with van der Waals surface area (Å²) in [6.45, 7) is 0. The van der Waals surface area contributed by atoms with Crippen LogP contribution in [0.25, 0.3) is 0 Å². The van der Waals surface area contributed by atoms with Gasteiger partial charge in [0.2, 0.25) is 10.0 Å². The van der Waals surface area contributed by atoms with E-state index in [0.29, 0.717) is 0 Å². The van der Waals surface area contributed by atoms with E-state index in [4.69, 9.17) is 11.6 Å². The van der Waals surface area contributed by atoms with Crippen LogP contribution in [0.4, 0.5) is 5.69 Å². The Hall–Kier alpha value is -1.20. The van der Waals surface area contributed by atoms with Gasteiger partial charge in [-0.25, -0.2) is 26.5 Å². The number of benzene rings is 1. The fraction of sp³-hybridized carbons (Fsp3) is 0.100. The average molecular weight is 368 g/mol. The number of anilines is 1. The topological polar surface area (TPSA) is 105 Å². The lowest BCUT2D eigenvalue weighted by Gasteiger charge is -2.08. The van der Waals surface area contributed by atoms with Crippen LogP contribution in [0.3, 0.4) is 0 Å². The fourth-order valence-corrected chi connectivity index (χ4v) is 4.53. The van der Waals surface area contributed by atoms with Crippen LogP contribution in [0, 0.1) is 0 Å². The highest BCUT2D eigenvalue weighted by molar-refractivity contribution is 7.94. The average Bonchev–Trinajstić information content (AvgIpc) is 2.86.